The minimum Gasteiger partial charge on any atom is -0.361 e. The van der Waals surface area contributed by atoms with Gasteiger partial charge in [0.15, 0.2) is 0 Å². The van der Waals surface area contributed by atoms with Crippen molar-refractivity contribution in [3.8, 4) is 0 Å². The van der Waals surface area contributed by atoms with Crippen molar-refractivity contribution in [1.29, 1.82) is 0 Å². The van der Waals surface area contributed by atoms with Crippen LogP contribution in [0.5, 0.6) is 0 Å². The fourth-order valence-electron chi connectivity index (χ4n) is 3.46. The summed E-state index contributed by atoms with van der Waals surface area (Å²) in [4.78, 5) is 28.5. The van der Waals surface area contributed by atoms with Crippen molar-refractivity contribution in [1.82, 2.24) is 15.6 Å². The highest BCUT2D eigenvalue weighted by atomic mass is 16.2. The normalized spacial score (nSPS) is 14.2. The van der Waals surface area contributed by atoms with Crippen LogP contribution in [-0.4, -0.2) is 35.4 Å². The Bertz CT molecular complexity index is 967. The van der Waals surface area contributed by atoms with Crippen LogP contribution in [0, 0.1) is 0 Å². The average molecular weight is 378 g/mol. The summed E-state index contributed by atoms with van der Waals surface area (Å²) in [5.41, 5.74) is 8.03. The molecule has 0 aliphatic rings. The number of benzene rings is 2. The molecule has 0 aliphatic carbocycles. The van der Waals surface area contributed by atoms with Gasteiger partial charge in [-0.1, -0.05) is 48.5 Å². The molecule has 0 radical (unpaired) electrons. The number of likely N-dealkylation sites (N-methyl/N-ethyl adjacent to an activating group) is 1. The summed E-state index contributed by atoms with van der Waals surface area (Å²) in [6.45, 7) is 1.72. The number of carbonyl (C=O) groups excluding carboxylic acids is 2. The molecule has 0 bridgehead atoms. The molecule has 0 saturated heterocycles. The Morgan fingerprint density at radius 3 is 2.50 bits per heavy atom. The first-order chi connectivity index (χ1) is 13.4. The molecule has 1 aromatic heterocycles. The average Bonchev–Trinajstić information content (AvgIpc) is 3.10. The lowest BCUT2D eigenvalue weighted by molar-refractivity contribution is -0.133. The van der Waals surface area contributed by atoms with E-state index in [1.54, 1.807) is 14.0 Å². The molecule has 2 amide bonds. The molecule has 2 atom stereocenters. The highest BCUT2D eigenvalue weighted by Crippen LogP contribution is 2.19. The van der Waals surface area contributed by atoms with Crippen LogP contribution >= 0.6 is 0 Å². The predicted octanol–water partition coefficient (Wildman–Crippen LogP) is 1.90. The van der Waals surface area contributed by atoms with Gasteiger partial charge in [0.05, 0.1) is 6.04 Å². The van der Waals surface area contributed by atoms with Gasteiger partial charge in [0.25, 0.3) is 0 Å². The Hall–Kier alpha value is -3.12. The van der Waals surface area contributed by atoms with Gasteiger partial charge in [0.1, 0.15) is 5.54 Å². The van der Waals surface area contributed by atoms with E-state index in [4.69, 9.17) is 5.73 Å². The number of aromatic nitrogens is 1. The van der Waals surface area contributed by atoms with Gasteiger partial charge in [0.2, 0.25) is 11.8 Å². The number of hydrogen-bond donors (Lipinski definition) is 4. The molecule has 5 N–H and O–H groups in total. The number of carbonyl (C=O) groups is 2. The first kappa shape index (κ1) is 19.6. The largest absolute Gasteiger partial charge is 0.361 e. The smallest absolute Gasteiger partial charge is 0.245 e. The zero-order valence-electron chi connectivity index (χ0n) is 16.2. The number of aromatic amines is 1. The number of H-pyrrole nitrogens is 1. The van der Waals surface area contributed by atoms with Crippen LogP contribution in [0.25, 0.3) is 10.9 Å². The van der Waals surface area contributed by atoms with Crippen LogP contribution < -0.4 is 16.4 Å². The molecule has 28 heavy (non-hydrogen) atoms. The number of rotatable bonds is 7. The van der Waals surface area contributed by atoms with Crippen LogP contribution in [0.1, 0.15) is 18.1 Å². The zero-order chi connectivity index (χ0) is 20.1. The molecule has 3 aromatic rings. The lowest BCUT2D eigenvalue weighted by atomic mass is 9.91. The molecule has 2 unspecified atom stereocenters. The van der Waals surface area contributed by atoms with Crippen LogP contribution in [0.4, 0.5) is 0 Å². The minimum absolute atomic E-state index is 0.260. The number of hydrogen-bond acceptors (Lipinski definition) is 3. The molecule has 0 aliphatic heterocycles. The van der Waals surface area contributed by atoms with E-state index in [9.17, 15) is 9.59 Å². The van der Waals surface area contributed by atoms with E-state index in [2.05, 4.69) is 15.6 Å². The Morgan fingerprint density at radius 2 is 1.79 bits per heavy atom. The van der Waals surface area contributed by atoms with Gasteiger partial charge < -0.3 is 21.4 Å². The van der Waals surface area contributed by atoms with E-state index in [0.717, 1.165) is 22.0 Å². The summed E-state index contributed by atoms with van der Waals surface area (Å²) < 4.78 is 0. The van der Waals surface area contributed by atoms with E-state index in [1.165, 1.54) is 0 Å². The molecule has 0 saturated carbocycles. The van der Waals surface area contributed by atoms with Crippen LogP contribution in [0.2, 0.25) is 0 Å². The first-order valence-electron chi connectivity index (χ1n) is 9.31. The summed E-state index contributed by atoms with van der Waals surface area (Å²) in [5.74, 6) is -0.615. The lowest BCUT2D eigenvalue weighted by Gasteiger charge is -2.30. The quantitative estimate of drug-likeness (QED) is 0.505. The third-order valence-corrected chi connectivity index (χ3v) is 4.98. The summed E-state index contributed by atoms with van der Waals surface area (Å²) in [5, 5.41) is 6.55. The Balaban J connectivity index is 1.74. The minimum atomic E-state index is -1.09. The number of amides is 2. The Morgan fingerprint density at radius 1 is 1.11 bits per heavy atom. The summed E-state index contributed by atoms with van der Waals surface area (Å²) in [7, 11) is 1.56. The number of fused-ring (bicyclic) bond motifs is 1. The van der Waals surface area contributed by atoms with Gasteiger partial charge in [0, 0.05) is 30.6 Å². The van der Waals surface area contributed by atoms with E-state index in [-0.39, 0.29) is 11.8 Å². The maximum atomic E-state index is 12.8. The second kappa shape index (κ2) is 8.27. The SMILES string of the molecule is CNC(=O)C(C)(Cc1ccccc1)NC(=O)C(N)Cc1c[nH]c2ccccc12. The fraction of sp³-hybridized carbons (Fsp3) is 0.273. The number of para-hydroxylation sites is 1. The monoisotopic (exact) mass is 378 g/mol. The third kappa shape index (κ3) is 4.23. The van der Waals surface area contributed by atoms with Crippen LogP contribution in [0.3, 0.4) is 0 Å². The zero-order valence-corrected chi connectivity index (χ0v) is 16.2. The Kier molecular flexibility index (Phi) is 5.80. The van der Waals surface area contributed by atoms with Crippen molar-refractivity contribution in [3.63, 3.8) is 0 Å². The van der Waals surface area contributed by atoms with Gasteiger partial charge in [-0.15, -0.1) is 0 Å². The summed E-state index contributed by atoms with van der Waals surface area (Å²) >= 11 is 0. The maximum Gasteiger partial charge on any atom is 0.245 e. The van der Waals surface area contributed by atoms with Gasteiger partial charge >= 0.3 is 0 Å². The van der Waals surface area contributed by atoms with Crippen molar-refractivity contribution >= 4 is 22.7 Å². The van der Waals surface area contributed by atoms with Crippen molar-refractivity contribution in [2.24, 2.45) is 5.73 Å². The number of nitrogens with one attached hydrogen (secondary N) is 3. The van der Waals surface area contributed by atoms with Crippen molar-refractivity contribution < 1.29 is 9.59 Å². The van der Waals surface area contributed by atoms with E-state index < -0.39 is 11.6 Å². The first-order valence-corrected chi connectivity index (χ1v) is 9.31. The highest BCUT2D eigenvalue weighted by molar-refractivity contribution is 5.93. The van der Waals surface area contributed by atoms with Gasteiger partial charge in [-0.05, 0) is 30.5 Å². The number of nitrogens with two attached hydrogens (primary N) is 1. The summed E-state index contributed by atoms with van der Waals surface area (Å²) in [6.07, 6.45) is 2.63. The maximum absolute atomic E-state index is 12.8. The second-order valence-corrected chi connectivity index (χ2v) is 7.23. The summed E-state index contributed by atoms with van der Waals surface area (Å²) in [6, 6.07) is 16.7. The molecule has 6 nitrogen and oxygen atoms in total. The van der Waals surface area contributed by atoms with Crippen molar-refractivity contribution in [3.05, 3.63) is 71.9 Å². The second-order valence-electron chi connectivity index (χ2n) is 7.23. The van der Waals surface area contributed by atoms with Crippen LogP contribution in [0.15, 0.2) is 60.8 Å². The highest BCUT2D eigenvalue weighted by Gasteiger charge is 2.35. The van der Waals surface area contributed by atoms with E-state index in [0.29, 0.717) is 12.8 Å². The Labute approximate surface area is 164 Å². The molecule has 1 heterocycles. The standard InChI is InChI=1S/C22H26N4O2/c1-22(21(28)24-2,13-15-8-4-3-5-9-15)26-20(27)18(23)12-16-14-25-19-11-7-6-10-17(16)19/h3-11,14,18,25H,12-13,23H2,1-2H3,(H,24,28)(H,26,27). The molecule has 6 heteroatoms. The molecule has 146 valence electrons. The molecule has 0 fully saturated rings. The molecule has 2 aromatic carbocycles. The fourth-order valence-corrected chi connectivity index (χ4v) is 3.46. The van der Waals surface area contributed by atoms with Crippen molar-refractivity contribution in [2.45, 2.75) is 31.3 Å². The predicted molar refractivity (Wildman–Crippen MR) is 111 cm³/mol. The molecule has 3 rings (SSSR count). The molecular weight excluding hydrogens is 352 g/mol. The topological polar surface area (TPSA) is 100 Å². The van der Waals surface area contributed by atoms with E-state index >= 15 is 0 Å². The van der Waals surface area contributed by atoms with Crippen molar-refractivity contribution in [2.75, 3.05) is 7.05 Å². The van der Waals surface area contributed by atoms with Gasteiger partial charge in [-0.25, -0.2) is 0 Å². The lowest BCUT2D eigenvalue weighted by Crippen LogP contribution is -2.60. The van der Waals surface area contributed by atoms with Crippen LogP contribution in [-0.2, 0) is 22.4 Å². The molecule has 0 spiro atoms. The molecular formula is C22H26N4O2. The third-order valence-electron chi connectivity index (χ3n) is 4.98. The van der Waals surface area contributed by atoms with Gasteiger partial charge in [-0.3, -0.25) is 9.59 Å². The van der Waals surface area contributed by atoms with E-state index in [1.807, 2.05) is 60.8 Å². The van der Waals surface area contributed by atoms with Gasteiger partial charge in [-0.2, -0.15) is 0 Å².